The molecule has 1 aromatic heterocycles. The van der Waals surface area contributed by atoms with E-state index >= 15 is 0 Å². The fourth-order valence-electron chi connectivity index (χ4n) is 0.589. The molecule has 0 amide bonds. The van der Waals surface area contributed by atoms with E-state index in [-0.39, 0.29) is 4.88 Å². The predicted molar refractivity (Wildman–Crippen MR) is 37.7 cm³/mol. The van der Waals surface area contributed by atoms with Gasteiger partial charge in [0.15, 0.2) is 0 Å². The fraction of sp³-hybridized carbons (Fsp3) is 0. The van der Waals surface area contributed by atoms with Crippen molar-refractivity contribution < 1.29 is 12.9 Å². The van der Waals surface area contributed by atoms with Crippen LogP contribution in [0.25, 0.3) is 0 Å². The maximum atomic E-state index is 11.9. The summed E-state index contributed by atoms with van der Waals surface area (Å²) in [4.78, 5) is 0.0965. The smallest absolute Gasteiger partial charge is 0.444 e. The predicted octanol–water partition coefficient (Wildman–Crippen LogP) is 1.67. The SMILES string of the molecule is N#Cc1ccc([B-](F)(F)F)s1. The van der Waals surface area contributed by atoms with Gasteiger partial charge >= 0.3 is 6.98 Å². The molecule has 58 valence electrons. The normalized spacial score (nSPS) is 11.1. The van der Waals surface area contributed by atoms with Gasteiger partial charge in [0.05, 0.1) is 0 Å². The number of nitrogens with zero attached hydrogens (tertiary/aromatic N) is 1. The minimum Gasteiger partial charge on any atom is -0.444 e. The Balaban J connectivity index is 3.01. The summed E-state index contributed by atoms with van der Waals surface area (Å²) in [5.74, 6) is 0. The van der Waals surface area contributed by atoms with Crippen LogP contribution in [-0.4, -0.2) is 6.98 Å². The van der Waals surface area contributed by atoms with Gasteiger partial charge in [-0.1, -0.05) is 10.8 Å². The van der Waals surface area contributed by atoms with Crippen molar-refractivity contribution in [1.82, 2.24) is 0 Å². The third kappa shape index (κ3) is 1.74. The molecule has 0 unspecified atom stereocenters. The molecule has 0 aliphatic heterocycles. The first-order valence-corrected chi connectivity index (χ1v) is 3.55. The molecule has 0 spiro atoms. The van der Waals surface area contributed by atoms with E-state index in [1.807, 2.05) is 0 Å². The van der Waals surface area contributed by atoms with Gasteiger partial charge in [-0.25, -0.2) is 0 Å². The van der Waals surface area contributed by atoms with E-state index in [0.29, 0.717) is 11.3 Å². The molecule has 1 heterocycles. The van der Waals surface area contributed by atoms with E-state index in [1.165, 1.54) is 6.07 Å². The Morgan fingerprint density at radius 3 is 2.27 bits per heavy atom. The second-order valence-electron chi connectivity index (χ2n) is 1.89. The molecule has 0 fully saturated rings. The number of hydrogen-bond donors (Lipinski definition) is 0. The third-order valence-corrected chi connectivity index (χ3v) is 2.15. The number of nitriles is 1. The quantitative estimate of drug-likeness (QED) is 0.597. The zero-order valence-corrected chi connectivity index (χ0v) is 6.04. The molecule has 0 aliphatic rings. The molecule has 0 N–H and O–H groups in total. The summed E-state index contributed by atoms with van der Waals surface area (Å²) in [6.45, 7) is -4.92. The molecule has 0 aliphatic carbocycles. The lowest BCUT2D eigenvalue weighted by atomic mass is 9.90. The van der Waals surface area contributed by atoms with Crippen molar-refractivity contribution >= 4 is 23.1 Å². The Labute approximate surface area is 65.1 Å². The summed E-state index contributed by atoms with van der Waals surface area (Å²) in [6.07, 6.45) is 0. The Morgan fingerprint density at radius 1 is 1.36 bits per heavy atom. The van der Waals surface area contributed by atoms with Crippen molar-refractivity contribution in [3.8, 4) is 6.07 Å². The fourth-order valence-corrected chi connectivity index (χ4v) is 1.29. The molecular weight excluding hydrogens is 174 g/mol. The van der Waals surface area contributed by atoms with Crippen LogP contribution in [0.15, 0.2) is 12.1 Å². The maximum absolute atomic E-state index is 11.9. The van der Waals surface area contributed by atoms with Crippen LogP contribution in [-0.2, 0) is 0 Å². The van der Waals surface area contributed by atoms with Gasteiger partial charge in [0, 0.05) is 0 Å². The highest BCUT2D eigenvalue weighted by atomic mass is 32.1. The molecule has 0 saturated heterocycles. The molecule has 0 saturated carbocycles. The minimum atomic E-state index is -4.92. The van der Waals surface area contributed by atoms with E-state index in [1.54, 1.807) is 6.07 Å². The van der Waals surface area contributed by atoms with Gasteiger partial charge < -0.3 is 12.9 Å². The Morgan fingerprint density at radius 2 is 2.00 bits per heavy atom. The molecule has 1 rings (SSSR count). The third-order valence-electron chi connectivity index (χ3n) is 1.06. The second-order valence-corrected chi connectivity index (χ2v) is 3.00. The molecule has 1 nitrogen and oxygen atoms in total. The first-order valence-electron chi connectivity index (χ1n) is 2.74. The van der Waals surface area contributed by atoms with Crippen LogP contribution in [0.5, 0.6) is 0 Å². The van der Waals surface area contributed by atoms with Gasteiger partial charge in [-0.15, -0.1) is 0 Å². The molecule has 0 aromatic carbocycles. The minimum absolute atomic E-state index is 0.0965. The molecule has 6 heteroatoms. The van der Waals surface area contributed by atoms with Gasteiger partial charge in [0.2, 0.25) is 0 Å². The first kappa shape index (κ1) is 8.14. The van der Waals surface area contributed by atoms with Crippen molar-refractivity contribution in [3.63, 3.8) is 0 Å². The number of thiophene rings is 1. The Hall–Kier alpha value is -0.955. The Kier molecular flexibility index (Phi) is 1.91. The van der Waals surface area contributed by atoms with Crippen LogP contribution in [0.3, 0.4) is 0 Å². The van der Waals surface area contributed by atoms with E-state index in [4.69, 9.17) is 5.26 Å². The first-order chi connectivity index (χ1) is 5.04. The summed E-state index contributed by atoms with van der Waals surface area (Å²) in [6, 6.07) is 3.76. The highest BCUT2D eigenvalue weighted by Crippen LogP contribution is 2.15. The van der Waals surface area contributed by atoms with Crippen LogP contribution in [0.2, 0.25) is 0 Å². The average molecular weight is 176 g/mol. The van der Waals surface area contributed by atoms with Crippen molar-refractivity contribution in [2.24, 2.45) is 0 Å². The lowest BCUT2D eigenvalue weighted by molar-refractivity contribution is 0.503. The average Bonchev–Trinajstić information content (AvgIpc) is 2.32. The molecule has 1 aromatic rings. The van der Waals surface area contributed by atoms with E-state index in [9.17, 15) is 12.9 Å². The van der Waals surface area contributed by atoms with Crippen molar-refractivity contribution in [3.05, 3.63) is 17.0 Å². The molecule has 0 bridgehead atoms. The standard InChI is InChI=1S/C5H2BF3NS/c7-6(8,9)5-2-1-4(3-10)11-5/h1-2H/q-1. The summed E-state index contributed by atoms with van der Waals surface area (Å²) >= 11 is 0.481. The highest BCUT2D eigenvalue weighted by molar-refractivity contribution is 7.24. The largest absolute Gasteiger partial charge is 0.519 e. The van der Waals surface area contributed by atoms with Crippen LogP contribution in [0.4, 0.5) is 12.9 Å². The molecular formula is C5H2BF3NS-. The van der Waals surface area contributed by atoms with Gasteiger partial charge in [-0.05, 0) is 6.07 Å². The van der Waals surface area contributed by atoms with Gasteiger partial charge in [-0.2, -0.15) is 16.6 Å². The lowest BCUT2D eigenvalue weighted by Gasteiger charge is -2.09. The zero-order chi connectivity index (χ0) is 8.48. The molecule has 11 heavy (non-hydrogen) atoms. The lowest BCUT2D eigenvalue weighted by Crippen LogP contribution is -2.30. The summed E-state index contributed by atoms with van der Waals surface area (Å²) in [5, 5.41) is 8.22. The number of halogens is 3. The molecule has 0 atom stereocenters. The van der Waals surface area contributed by atoms with E-state index < -0.39 is 11.8 Å². The van der Waals surface area contributed by atoms with Crippen molar-refractivity contribution in [2.45, 2.75) is 0 Å². The topological polar surface area (TPSA) is 23.8 Å². The maximum Gasteiger partial charge on any atom is 0.519 e. The van der Waals surface area contributed by atoms with Crippen LogP contribution < -0.4 is 4.78 Å². The van der Waals surface area contributed by atoms with Crippen molar-refractivity contribution in [2.75, 3.05) is 0 Å². The zero-order valence-electron chi connectivity index (χ0n) is 5.22. The van der Waals surface area contributed by atoms with Gasteiger partial charge in [0.1, 0.15) is 10.9 Å². The Bertz CT molecular complexity index is 297. The van der Waals surface area contributed by atoms with Gasteiger partial charge in [0.25, 0.3) is 0 Å². The van der Waals surface area contributed by atoms with Crippen LogP contribution >= 0.6 is 11.3 Å². The summed E-state index contributed by atoms with van der Waals surface area (Å²) < 4.78 is 35.0. The van der Waals surface area contributed by atoms with Crippen LogP contribution in [0.1, 0.15) is 4.88 Å². The van der Waals surface area contributed by atoms with Crippen molar-refractivity contribution in [1.29, 1.82) is 5.26 Å². The molecule has 0 radical (unpaired) electrons. The van der Waals surface area contributed by atoms with E-state index in [2.05, 4.69) is 0 Å². The number of rotatable bonds is 1. The van der Waals surface area contributed by atoms with Crippen LogP contribution in [0, 0.1) is 11.3 Å². The summed E-state index contributed by atoms with van der Waals surface area (Å²) in [7, 11) is 0. The van der Waals surface area contributed by atoms with E-state index in [0.717, 1.165) is 6.07 Å². The highest BCUT2D eigenvalue weighted by Gasteiger charge is 2.27. The summed E-state index contributed by atoms with van der Waals surface area (Å²) in [5.41, 5.74) is 0. The van der Waals surface area contributed by atoms with Gasteiger partial charge in [-0.3, -0.25) is 0 Å². The second kappa shape index (κ2) is 2.59. The monoisotopic (exact) mass is 176 g/mol. The number of hydrogen-bond acceptors (Lipinski definition) is 2.